The minimum atomic E-state index is -3.71. The van der Waals surface area contributed by atoms with Gasteiger partial charge in [-0.3, -0.25) is 9.52 Å². The maximum atomic E-state index is 12.3. The quantitative estimate of drug-likeness (QED) is 0.866. The molecular weight excluding hydrogens is 292 g/mol. The van der Waals surface area contributed by atoms with Gasteiger partial charge in [-0.15, -0.1) is 0 Å². The largest absolute Gasteiger partial charge is 0.481 e. The molecule has 0 aliphatic carbocycles. The van der Waals surface area contributed by atoms with Gasteiger partial charge in [0.05, 0.1) is 11.6 Å². The van der Waals surface area contributed by atoms with Crippen molar-refractivity contribution in [3.05, 3.63) is 29.8 Å². The number of aliphatic carboxylic acids is 1. The second-order valence-electron chi connectivity index (χ2n) is 5.20. The first-order valence-corrected chi connectivity index (χ1v) is 8.46. The van der Waals surface area contributed by atoms with E-state index in [1.807, 2.05) is 13.0 Å². The van der Waals surface area contributed by atoms with Crippen LogP contribution in [0.4, 0.5) is 5.69 Å². The Morgan fingerprint density at radius 2 is 2.24 bits per heavy atom. The monoisotopic (exact) mass is 312 g/mol. The minimum Gasteiger partial charge on any atom is -0.481 e. The molecule has 6 nitrogen and oxygen atoms in total. The minimum absolute atomic E-state index is 0.0259. The van der Waals surface area contributed by atoms with Gasteiger partial charge in [-0.05, 0) is 37.0 Å². The average Bonchev–Trinajstić information content (AvgIpc) is 2.47. The number of rotatable bonds is 5. The molecule has 1 fully saturated rings. The lowest BCUT2D eigenvalue weighted by Crippen LogP contribution is -2.44. The van der Waals surface area contributed by atoms with E-state index in [1.54, 1.807) is 18.2 Å². The van der Waals surface area contributed by atoms with Gasteiger partial charge in [0.15, 0.2) is 0 Å². The van der Waals surface area contributed by atoms with Crippen LogP contribution in [0.2, 0.25) is 0 Å². The van der Waals surface area contributed by atoms with Crippen molar-refractivity contribution in [1.29, 1.82) is 0 Å². The molecule has 0 saturated carbocycles. The Balaban J connectivity index is 2.12. The van der Waals surface area contributed by atoms with E-state index in [0.29, 0.717) is 25.1 Å². The number of piperidine rings is 1. The van der Waals surface area contributed by atoms with Gasteiger partial charge in [-0.2, -0.15) is 12.7 Å². The van der Waals surface area contributed by atoms with Crippen LogP contribution in [-0.4, -0.2) is 36.9 Å². The Morgan fingerprint density at radius 1 is 1.48 bits per heavy atom. The molecule has 0 radical (unpaired) electrons. The van der Waals surface area contributed by atoms with Crippen molar-refractivity contribution in [1.82, 2.24) is 4.31 Å². The summed E-state index contributed by atoms with van der Waals surface area (Å²) in [6.07, 6.45) is 1.90. The molecule has 2 rings (SSSR count). The zero-order chi connectivity index (χ0) is 15.5. The molecule has 1 unspecified atom stereocenters. The molecule has 7 heteroatoms. The summed E-state index contributed by atoms with van der Waals surface area (Å²) in [6, 6.07) is 7.21. The number of anilines is 1. The fraction of sp³-hybridized carbons (Fsp3) is 0.500. The molecule has 1 atom stereocenters. The van der Waals surface area contributed by atoms with Crippen molar-refractivity contribution in [2.24, 2.45) is 5.92 Å². The fourth-order valence-corrected chi connectivity index (χ4v) is 3.73. The van der Waals surface area contributed by atoms with Gasteiger partial charge in [0, 0.05) is 13.1 Å². The fourth-order valence-electron chi connectivity index (χ4n) is 2.43. The summed E-state index contributed by atoms with van der Waals surface area (Å²) in [5.41, 5.74) is 1.55. The highest BCUT2D eigenvalue weighted by Gasteiger charge is 2.32. The van der Waals surface area contributed by atoms with E-state index in [-0.39, 0.29) is 6.54 Å². The van der Waals surface area contributed by atoms with Gasteiger partial charge in [0.2, 0.25) is 0 Å². The van der Waals surface area contributed by atoms with Crippen molar-refractivity contribution < 1.29 is 18.3 Å². The SMILES string of the molecule is CCc1cccc(NS(=O)(=O)N2CCCC(C(=O)O)C2)c1. The number of carboxylic acid groups (broad SMARTS) is 1. The van der Waals surface area contributed by atoms with Crippen LogP contribution in [0.25, 0.3) is 0 Å². The zero-order valence-electron chi connectivity index (χ0n) is 11.9. The molecular formula is C14H20N2O4S. The molecule has 1 aromatic rings. The summed E-state index contributed by atoms with van der Waals surface area (Å²) in [6.45, 7) is 2.38. The molecule has 2 N–H and O–H groups in total. The molecule has 116 valence electrons. The van der Waals surface area contributed by atoms with Crippen molar-refractivity contribution in [2.75, 3.05) is 17.8 Å². The molecule has 1 aliphatic heterocycles. The lowest BCUT2D eigenvalue weighted by atomic mass is 10.0. The number of hydrogen-bond donors (Lipinski definition) is 2. The summed E-state index contributed by atoms with van der Waals surface area (Å²) in [5, 5.41) is 9.04. The van der Waals surface area contributed by atoms with E-state index in [4.69, 9.17) is 5.11 Å². The molecule has 1 aliphatic rings. The van der Waals surface area contributed by atoms with E-state index in [1.165, 1.54) is 4.31 Å². The van der Waals surface area contributed by atoms with Crippen molar-refractivity contribution in [3.8, 4) is 0 Å². The maximum Gasteiger partial charge on any atom is 0.307 e. The first kappa shape index (κ1) is 15.8. The standard InChI is InChI=1S/C14H20N2O4S/c1-2-11-5-3-7-13(9-11)15-21(19,20)16-8-4-6-12(10-16)14(17)18/h3,5,7,9,12,15H,2,4,6,8,10H2,1H3,(H,17,18). The van der Waals surface area contributed by atoms with Gasteiger partial charge in [-0.1, -0.05) is 19.1 Å². The van der Waals surface area contributed by atoms with Crippen LogP contribution < -0.4 is 4.72 Å². The number of benzene rings is 1. The van der Waals surface area contributed by atoms with Gasteiger partial charge >= 0.3 is 16.2 Å². The first-order chi connectivity index (χ1) is 9.92. The van der Waals surface area contributed by atoms with E-state index in [9.17, 15) is 13.2 Å². The Bertz CT molecular complexity index is 615. The Hall–Kier alpha value is -1.60. The zero-order valence-corrected chi connectivity index (χ0v) is 12.8. The third-order valence-electron chi connectivity index (χ3n) is 3.66. The van der Waals surface area contributed by atoms with Crippen molar-refractivity contribution in [3.63, 3.8) is 0 Å². The predicted molar refractivity (Wildman–Crippen MR) is 80.3 cm³/mol. The second-order valence-corrected chi connectivity index (χ2v) is 6.87. The van der Waals surface area contributed by atoms with Crippen LogP contribution in [0.15, 0.2) is 24.3 Å². The van der Waals surface area contributed by atoms with Gasteiger partial charge < -0.3 is 5.11 Å². The summed E-state index contributed by atoms with van der Waals surface area (Å²) < 4.78 is 28.4. The van der Waals surface area contributed by atoms with Crippen LogP contribution in [0.3, 0.4) is 0 Å². The molecule has 0 spiro atoms. The first-order valence-electron chi connectivity index (χ1n) is 7.02. The highest BCUT2D eigenvalue weighted by atomic mass is 32.2. The van der Waals surface area contributed by atoms with Crippen LogP contribution in [0.5, 0.6) is 0 Å². The van der Waals surface area contributed by atoms with Crippen LogP contribution in [0, 0.1) is 5.92 Å². The third-order valence-corrected chi connectivity index (χ3v) is 5.16. The number of hydrogen-bond acceptors (Lipinski definition) is 3. The lowest BCUT2D eigenvalue weighted by molar-refractivity contribution is -0.142. The average molecular weight is 312 g/mol. The van der Waals surface area contributed by atoms with Gasteiger partial charge in [-0.25, -0.2) is 0 Å². The molecule has 21 heavy (non-hydrogen) atoms. The number of nitrogens with one attached hydrogen (secondary N) is 1. The van der Waals surface area contributed by atoms with E-state index in [2.05, 4.69) is 4.72 Å². The molecule has 1 heterocycles. The highest BCUT2D eigenvalue weighted by molar-refractivity contribution is 7.90. The summed E-state index contributed by atoms with van der Waals surface area (Å²) in [5.74, 6) is -1.57. The summed E-state index contributed by atoms with van der Waals surface area (Å²) >= 11 is 0. The smallest absolute Gasteiger partial charge is 0.307 e. The van der Waals surface area contributed by atoms with Gasteiger partial charge in [0.1, 0.15) is 0 Å². The predicted octanol–water partition coefficient (Wildman–Crippen LogP) is 1.70. The number of aryl methyl sites for hydroxylation is 1. The molecule has 1 aromatic carbocycles. The number of nitrogens with zero attached hydrogens (tertiary/aromatic N) is 1. The normalized spacial score (nSPS) is 20.1. The Labute approximate surface area is 125 Å². The lowest BCUT2D eigenvalue weighted by Gasteiger charge is -2.30. The molecule has 1 saturated heterocycles. The Kier molecular flexibility index (Phi) is 4.84. The summed E-state index contributed by atoms with van der Waals surface area (Å²) in [7, 11) is -3.71. The second kappa shape index (κ2) is 6.44. The van der Waals surface area contributed by atoms with Crippen LogP contribution in [-0.2, 0) is 21.4 Å². The Morgan fingerprint density at radius 3 is 2.90 bits per heavy atom. The van der Waals surface area contributed by atoms with Crippen molar-refractivity contribution >= 4 is 21.9 Å². The van der Waals surface area contributed by atoms with E-state index in [0.717, 1.165) is 12.0 Å². The topological polar surface area (TPSA) is 86.7 Å². The summed E-state index contributed by atoms with van der Waals surface area (Å²) in [4.78, 5) is 11.0. The molecule has 0 bridgehead atoms. The number of carbonyl (C=O) groups is 1. The van der Waals surface area contributed by atoms with Gasteiger partial charge in [0.25, 0.3) is 0 Å². The van der Waals surface area contributed by atoms with Crippen molar-refractivity contribution in [2.45, 2.75) is 26.2 Å². The molecule has 0 amide bonds. The van der Waals surface area contributed by atoms with E-state index >= 15 is 0 Å². The highest BCUT2D eigenvalue weighted by Crippen LogP contribution is 2.21. The maximum absolute atomic E-state index is 12.3. The van der Waals surface area contributed by atoms with Crippen LogP contribution >= 0.6 is 0 Å². The van der Waals surface area contributed by atoms with Crippen LogP contribution in [0.1, 0.15) is 25.3 Å². The third kappa shape index (κ3) is 3.95. The number of carboxylic acids is 1. The van der Waals surface area contributed by atoms with E-state index < -0.39 is 22.1 Å². The molecule has 0 aromatic heterocycles.